The largest absolute Gasteiger partial charge is 0.297 e. The Hall–Kier alpha value is -0.870. The lowest BCUT2D eigenvalue weighted by atomic mass is 9.78. The minimum Gasteiger partial charge on any atom is -0.262 e. The predicted octanol–water partition coefficient (Wildman–Crippen LogP) is 4.06. The highest BCUT2D eigenvalue weighted by atomic mass is 32.2. The van der Waals surface area contributed by atoms with Crippen LogP contribution in [0.3, 0.4) is 0 Å². The van der Waals surface area contributed by atoms with Crippen LogP contribution in [0, 0.1) is 18.8 Å². The molecule has 2 fully saturated rings. The number of rotatable bonds is 3. The molecule has 2 saturated carbocycles. The van der Waals surface area contributed by atoms with Crippen LogP contribution in [0.5, 0.6) is 0 Å². The molecule has 0 amide bonds. The lowest BCUT2D eigenvalue weighted by Crippen LogP contribution is -2.36. The van der Waals surface area contributed by atoms with E-state index in [2.05, 4.69) is 0 Å². The second-order valence-corrected chi connectivity index (χ2v) is 8.14. The van der Waals surface area contributed by atoms with Crippen LogP contribution in [-0.4, -0.2) is 14.5 Å². The molecule has 0 heterocycles. The van der Waals surface area contributed by atoms with Gasteiger partial charge in [0.2, 0.25) is 0 Å². The molecule has 3 nitrogen and oxygen atoms in total. The van der Waals surface area contributed by atoms with E-state index >= 15 is 0 Å². The van der Waals surface area contributed by atoms with E-state index in [1.807, 2.05) is 19.1 Å². The van der Waals surface area contributed by atoms with Crippen LogP contribution in [-0.2, 0) is 14.3 Å². The van der Waals surface area contributed by atoms with Crippen molar-refractivity contribution in [3.05, 3.63) is 29.8 Å². The minimum absolute atomic E-state index is 0.104. The molecule has 2 aliphatic rings. The normalized spacial score (nSPS) is 29.9. The lowest BCUT2D eigenvalue weighted by Gasteiger charge is -2.35. The SMILES string of the molecule is Cc1ccc(S(=O)(=O)OC2C3CCCCC2CCC3)cc1. The van der Waals surface area contributed by atoms with E-state index in [1.165, 1.54) is 19.3 Å². The van der Waals surface area contributed by atoms with E-state index in [1.54, 1.807) is 12.1 Å². The van der Waals surface area contributed by atoms with Crippen molar-refractivity contribution in [3.63, 3.8) is 0 Å². The first-order valence-corrected chi connectivity index (χ1v) is 9.47. The van der Waals surface area contributed by atoms with E-state index < -0.39 is 10.1 Å². The second-order valence-electron chi connectivity index (χ2n) is 6.56. The Kier molecular flexibility index (Phi) is 4.36. The zero-order valence-corrected chi connectivity index (χ0v) is 13.4. The zero-order chi connectivity index (χ0) is 14.9. The average molecular weight is 308 g/mol. The van der Waals surface area contributed by atoms with Gasteiger partial charge in [0.15, 0.2) is 0 Å². The first kappa shape index (κ1) is 15.0. The summed E-state index contributed by atoms with van der Waals surface area (Å²) in [6.45, 7) is 1.95. The summed E-state index contributed by atoms with van der Waals surface area (Å²) in [4.78, 5) is 0.287. The summed E-state index contributed by atoms with van der Waals surface area (Å²) in [5.41, 5.74) is 1.06. The number of benzene rings is 1. The monoisotopic (exact) mass is 308 g/mol. The highest BCUT2D eigenvalue weighted by Gasteiger charge is 2.38. The molecule has 2 unspecified atom stereocenters. The first-order valence-electron chi connectivity index (χ1n) is 8.06. The van der Waals surface area contributed by atoms with Crippen molar-refractivity contribution in [2.75, 3.05) is 0 Å². The fraction of sp³-hybridized carbons (Fsp3) is 0.647. The standard InChI is InChI=1S/C17H24O3S/c1-13-9-11-16(12-10-13)21(18,19)20-17-14-5-2-3-6-15(17)8-4-7-14/h9-12,14-15,17H,2-8H2,1H3. The summed E-state index contributed by atoms with van der Waals surface area (Å²) in [7, 11) is -3.63. The molecule has 21 heavy (non-hydrogen) atoms. The van der Waals surface area contributed by atoms with Crippen LogP contribution in [0.25, 0.3) is 0 Å². The Morgan fingerprint density at radius 2 is 1.43 bits per heavy atom. The Bertz CT molecular complexity index is 563. The van der Waals surface area contributed by atoms with Crippen molar-refractivity contribution in [3.8, 4) is 0 Å². The molecule has 0 aromatic heterocycles. The smallest absolute Gasteiger partial charge is 0.262 e. The van der Waals surface area contributed by atoms with E-state index in [0.29, 0.717) is 11.8 Å². The summed E-state index contributed by atoms with van der Waals surface area (Å²) in [6, 6.07) is 6.95. The van der Waals surface area contributed by atoms with Crippen molar-refractivity contribution in [1.29, 1.82) is 0 Å². The number of hydrogen-bond acceptors (Lipinski definition) is 3. The quantitative estimate of drug-likeness (QED) is 0.791. The van der Waals surface area contributed by atoms with Gasteiger partial charge in [0.25, 0.3) is 10.1 Å². The minimum atomic E-state index is -3.63. The molecular formula is C17H24O3S. The molecule has 2 bridgehead atoms. The summed E-state index contributed by atoms with van der Waals surface area (Å²) >= 11 is 0. The van der Waals surface area contributed by atoms with Gasteiger partial charge in [-0.05, 0) is 56.6 Å². The van der Waals surface area contributed by atoms with Gasteiger partial charge < -0.3 is 0 Å². The van der Waals surface area contributed by atoms with Gasteiger partial charge in [-0.3, -0.25) is 4.18 Å². The molecule has 4 heteroatoms. The molecule has 0 aliphatic heterocycles. The molecular weight excluding hydrogens is 284 g/mol. The van der Waals surface area contributed by atoms with Gasteiger partial charge in [0.1, 0.15) is 0 Å². The molecule has 0 saturated heterocycles. The van der Waals surface area contributed by atoms with E-state index in [4.69, 9.17) is 4.18 Å². The zero-order valence-electron chi connectivity index (χ0n) is 12.6. The van der Waals surface area contributed by atoms with Crippen LogP contribution in [0.4, 0.5) is 0 Å². The molecule has 3 rings (SSSR count). The second kappa shape index (κ2) is 6.09. The van der Waals surface area contributed by atoms with E-state index in [-0.39, 0.29) is 11.0 Å². The summed E-state index contributed by atoms with van der Waals surface area (Å²) in [5.74, 6) is 0.845. The molecule has 0 N–H and O–H groups in total. The summed E-state index contributed by atoms with van der Waals surface area (Å²) < 4.78 is 30.8. The fourth-order valence-electron chi connectivity index (χ4n) is 3.85. The van der Waals surface area contributed by atoms with Crippen molar-refractivity contribution in [2.24, 2.45) is 11.8 Å². The molecule has 0 radical (unpaired) electrons. The first-order chi connectivity index (χ1) is 10.1. The topological polar surface area (TPSA) is 43.4 Å². The number of aryl methyl sites for hydroxylation is 1. The average Bonchev–Trinajstić information content (AvgIpc) is 2.57. The number of fused-ring (bicyclic) bond motifs is 2. The summed E-state index contributed by atoms with van der Waals surface area (Å²) in [6.07, 6.45) is 8.01. The van der Waals surface area contributed by atoms with Crippen molar-refractivity contribution < 1.29 is 12.6 Å². The van der Waals surface area contributed by atoms with Crippen molar-refractivity contribution in [1.82, 2.24) is 0 Å². The maximum Gasteiger partial charge on any atom is 0.297 e. The van der Waals surface area contributed by atoms with Gasteiger partial charge in [-0.1, -0.05) is 37.0 Å². The Morgan fingerprint density at radius 1 is 0.905 bits per heavy atom. The van der Waals surface area contributed by atoms with Crippen LogP contribution in [0.2, 0.25) is 0 Å². The molecule has 0 spiro atoms. The van der Waals surface area contributed by atoms with Crippen LogP contribution in [0.15, 0.2) is 29.2 Å². The maximum absolute atomic E-state index is 12.5. The van der Waals surface area contributed by atoms with Crippen LogP contribution in [0.1, 0.15) is 50.5 Å². The van der Waals surface area contributed by atoms with Gasteiger partial charge in [0, 0.05) is 0 Å². The van der Waals surface area contributed by atoms with Crippen LogP contribution >= 0.6 is 0 Å². The third kappa shape index (κ3) is 3.32. The Balaban J connectivity index is 1.82. The third-order valence-electron chi connectivity index (χ3n) is 5.03. The highest BCUT2D eigenvalue weighted by molar-refractivity contribution is 7.86. The Labute approximate surface area is 127 Å². The van der Waals surface area contributed by atoms with Crippen LogP contribution < -0.4 is 0 Å². The van der Waals surface area contributed by atoms with Gasteiger partial charge >= 0.3 is 0 Å². The summed E-state index contributed by atoms with van der Waals surface area (Å²) in [5, 5.41) is 0. The molecule has 2 atom stereocenters. The molecule has 116 valence electrons. The predicted molar refractivity (Wildman–Crippen MR) is 82.5 cm³/mol. The third-order valence-corrected chi connectivity index (χ3v) is 6.35. The van der Waals surface area contributed by atoms with E-state index in [9.17, 15) is 8.42 Å². The van der Waals surface area contributed by atoms with Crippen molar-refractivity contribution in [2.45, 2.75) is 62.9 Å². The van der Waals surface area contributed by atoms with Gasteiger partial charge in [0.05, 0.1) is 11.0 Å². The van der Waals surface area contributed by atoms with Gasteiger partial charge in [-0.25, -0.2) is 0 Å². The Morgan fingerprint density at radius 3 is 2.00 bits per heavy atom. The molecule has 1 aromatic carbocycles. The maximum atomic E-state index is 12.5. The van der Waals surface area contributed by atoms with Crippen molar-refractivity contribution >= 4 is 10.1 Å². The van der Waals surface area contributed by atoms with Gasteiger partial charge in [-0.2, -0.15) is 8.42 Å². The highest BCUT2D eigenvalue weighted by Crippen LogP contribution is 2.41. The molecule has 2 aliphatic carbocycles. The van der Waals surface area contributed by atoms with Gasteiger partial charge in [-0.15, -0.1) is 0 Å². The fourth-order valence-corrected chi connectivity index (χ4v) is 5.04. The number of hydrogen-bond donors (Lipinski definition) is 0. The van der Waals surface area contributed by atoms with E-state index in [0.717, 1.165) is 31.2 Å². The lowest BCUT2D eigenvalue weighted by molar-refractivity contribution is 0.0472. The molecule has 1 aromatic rings.